The Morgan fingerprint density at radius 3 is 1.35 bits per heavy atom. The second-order valence-electron chi connectivity index (χ2n) is 15.2. The number of carbonyl (C=O) groups is 2. The molecule has 0 amide bonds. The van der Waals surface area contributed by atoms with Gasteiger partial charge in [-0.05, 0) is 98.3 Å². The van der Waals surface area contributed by atoms with Gasteiger partial charge in [-0.1, -0.05) is 54.4 Å². The van der Waals surface area contributed by atoms with Gasteiger partial charge in [-0.25, -0.2) is 9.59 Å². The van der Waals surface area contributed by atoms with Crippen molar-refractivity contribution in [2.75, 3.05) is 0 Å². The van der Waals surface area contributed by atoms with Crippen LogP contribution in [-0.4, -0.2) is 41.9 Å². The first-order valence-corrected chi connectivity index (χ1v) is 18.8. The van der Waals surface area contributed by atoms with Gasteiger partial charge in [0.05, 0.1) is 0 Å². The molecular formula is C37H46F6O4S2. The molecule has 2 heterocycles. The van der Waals surface area contributed by atoms with Crippen molar-refractivity contribution in [3.8, 4) is 0 Å². The van der Waals surface area contributed by atoms with E-state index in [-0.39, 0.29) is 43.2 Å². The standard InChI is InChI=1S/C37H46F6O4S2/c1-17(2)23-11-9-19(5)13-27(23)46-33(44)29-15-25(21(7)48-29)31-32(36(40,41)37(42,43)35(31,38)39)26-16-30(49-22(26)8)34(45)47-28-14-20(6)10-12-24(28)18(3)4/h15-20,23-24,27-28H,9-14H2,1-8H3. The Morgan fingerprint density at radius 1 is 0.673 bits per heavy atom. The molecule has 2 aromatic rings. The third-order valence-electron chi connectivity index (χ3n) is 10.9. The van der Waals surface area contributed by atoms with Crippen molar-refractivity contribution in [3.05, 3.63) is 42.8 Å². The lowest BCUT2D eigenvalue weighted by atomic mass is 9.75. The lowest BCUT2D eigenvalue weighted by Crippen LogP contribution is -2.48. The topological polar surface area (TPSA) is 52.6 Å². The maximum atomic E-state index is 15.7. The number of hydrogen-bond acceptors (Lipinski definition) is 6. The fourth-order valence-corrected chi connectivity index (χ4v) is 9.80. The molecule has 2 fully saturated rings. The molecule has 272 valence electrons. The van der Waals surface area contributed by atoms with Gasteiger partial charge >= 0.3 is 29.7 Å². The normalized spacial score (nSPS) is 29.5. The van der Waals surface area contributed by atoms with Crippen molar-refractivity contribution < 1.29 is 45.4 Å². The highest BCUT2D eigenvalue weighted by Crippen LogP contribution is 2.66. The summed E-state index contributed by atoms with van der Waals surface area (Å²) in [7, 11) is 0. The van der Waals surface area contributed by atoms with Crippen molar-refractivity contribution in [2.45, 2.75) is 124 Å². The van der Waals surface area contributed by atoms with E-state index in [1.165, 1.54) is 13.8 Å². The third kappa shape index (κ3) is 6.74. The van der Waals surface area contributed by atoms with Crippen LogP contribution in [0.3, 0.4) is 0 Å². The van der Waals surface area contributed by atoms with Crippen LogP contribution in [0.5, 0.6) is 0 Å². The number of alkyl halides is 6. The molecule has 4 nitrogen and oxygen atoms in total. The van der Waals surface area contributed by atoms with E-state index in [1.54, 1.807) is 0 Å². The first-order valence-electron chi connectivity index (χ1n) is 17.2. The summed E-state index contributed by atoms with van der Waals surface area (Å²) in [6.45, 7) is 14.9. The van der Waals surface area contributed by atoms with E-state index in [1.807, 2.05) is 27.7 Å². The molecule has 6 unspecified atom stereocenters. The molecule has 0 radical (unpaired) electrons. The SMILES string of the molecule is Cc1sc(C(=O)OC2CC(C)CCC2C(C)C)cc1C1=C(c2cc(C(=O)OC3CC(C)CCC3C(C)C)sc2C)C(F)(F)C(F)(F)C1(F)F. The monoisotopic (exact) mass is 732 g/mol. The molecule has 0 bridgehead atoms. The summed E-state index contributed by atoms with van der Waals surface area (Å²) >= 11 is 1.48. The zero-order valence-electron chi connectivity index (χ0n) is 29.2. The minimum atomic E-state index is -5.78. The van der Waals surface area contributed by atoms with Crippen molar-refractivity contribution in [3.63, 3.8) is 0 Å². The minimum Gasteiger partial charge on any atom is -0.458 e. The molecule has 49 heavy (non-hydrogen) atoms. The highest BCUT2D eigenvalue weighted by Gasteiger charge is 2.80. The summed E-state index contributed by atoms with van der Waals surface area (Å²) in [5.41, 5.74) is -4.25. The second kappa shape index (κ2) is 13.7. The van der Waals surface area contributed by atoms with Crippen molar-refractivity contribution >= 4 is 45.8 Å². The van der Waals surface area contributed by atoms with Crippen molar-refractivity contribution in [2.24, 2.45) is 35.5 Å². The zero-order chi connectivity index (χ0) is 36.4. The number of thiophene rings is 2. The predicted molar refractivity (Wildman–Crippen MR) is 181 cm³/mol. The van der Waals surface area contributed by atoms with Crippen LogP contribution in [0.2, 0.25) is 0 Å². The fraction of sp³-hybridized carbons (Fsp3) is 0.676. The van der Waals surface area contributed by atoms with Gasteiger partial charge in [0.25, 0.3) is 0 Å². The molecule has 12 heteroatoms. The third-order valence-corrected chi connectivity index (χ3v) is 12.9. The molecule has 0 aromatic carbocycles. The second-order valence-corrected chi connectivity index (χ2v) is 17.7. The number of halogens is 6. The van der Waals surface area contributed by atoms with Gasteiger partial charge in [-0.3, -0.25) is 0 Å². The number of hydrogen-bond donors (Lipinski definition) is 0. The van der Waals surface area contributed by atoms with Crippen LogP contribution in [0, 0.1) is 49.4 Å². The lowest BCUT2D eigenvalue weighted by molar-refractivity contribution is -0.254. The van der Waals surface area contributed by atoms with Gasteiger partial charge in [0.2, 0.25) is 0 Å². The van der Waals surface area contributed by atoms with E-state index in [4.69, 9.17) is 9.47 Å². The average molecular weight is 733 g/mol. The lowest BCUT2D eigenvalue weighted by Gasteiger charge is -2.36. The van der Waals surface area contributed by atoms with Gasteiger partial charge in [0, 0.05) is 20.9 Å². The van der Waals surface area contributed by atoms with E-state index >= 15 is 26.3 Å². The molecule has 0 spiro atoms. The van der Waals surface area contributed by atoms with Crippen LogP contribution in [-0.2, 0) is 9.47 Å². The molecule has 6 atom stereocenters. The summed E-state index contributed by atoms with van der Waals surface area (Å²) in [5, 5.41) is 0. The molecule has 2 saturated carbocycles. The quantitative estimate of drug-likeness (QED) is 0.200. The van der Waals surface area contributed by atoms with Crippen LogP contribution in [0.4, 0.5) is 26.3 Å². The Bertz CT molecular complexity index is 1490. The highest BCUT2D eigenvalue weighted by atomic mass is 32.1. The smallest absolute Gasteiger partial charge is 0.380 e. The number of allylic oxidation sites excluding steroid dienone is 2. The Morgan fingerprint density at radius 2 is 1.02 bits per heavy atom. The van der Waals surface area contributed by atoms with Crippen LogP contribution in [0.1, 0.15) is 120 Å². The Balaban J connectivity index is 1.53. The number of ether oxygens (including phenoxy) is 2. The zero-order valence-corrected chi connectivity index (χ0v) is 30.9. The molecule has 0 aliphatic heterocycles. The van der Waals surface area contributed by atoms with Crippen molar-refractivity contribution in [1.82, 2.24) is 0 Å². The van der Waals surface area contributed by atoms with Gasteiger partial charge in [-0.2, -0.15) is 26.3 Å². The van der Waals surface area contributed by atoms with Gasteiger partial charge in [0.1, 0.15) is 22.0 Å². The number of aryl methyl sites for hydroxylation is 2. The predicted octanol–water partition coefficient (Wildman–Crippen LogP) is 11.5. The summed E-state index contributed by atoms with van der Waals surface area (Å²) in [5.74, 6) is -16.7. The Hall–Kier alpha value is -2.34. The van der Waals surface area contributed by atoms with Crippen LogP contribution in [0.15, 0.2) is 12.1 Å². The maximum absolute atomic E-state index is 15.7. The van der Waals surface area contributed by atoms with E-state index in [0.717, 1.165) is 60.5 Å². The van der Waals surface area contributed by atoms with E-state index in [9.17, 15) is 9.59 Å². The average Bonchev–Trinajstić information content (AvgIpc) is 3.59. The Labute approximate surface area is 292 Å². The summed E-state index contributed by atoms with van der Waals surface area (Å²) < 4.78 is 105. The maximum Gasteiger partial charge on any atom is 0.380 e. The molecule has 0 N–H and O–H groups in total. The molecule has 0 saturated heterocycles. The van der Waals surface area contributed by atoms with E-state index < -0.39 is 64.2 Å². The van der Waals surface area contributed by atoms with Crippen molar-refractivity contribution in [1.29, 1.82) is 0 Å². The van der Waals surface area contributed by atoms with E-state index in [0.29, 0.717) is 24.7 Å². The van der Waals surface area contributed by atoms with Crippen LogP contribution in [0.25, 0.3) is 11.1 Å². The summed E-state index contributed by atoms with van der Waals surface area (Å²) in [4.78, 5) is 26.4. The Kier molecular flexibility index (Phi) is 10.6. The summed E-state index contributed by atoms with van der Waals surface area (Å²) in [6.07, 6.45) is 4.07. The fourth-order valence-electron chi connectivity index (χ4n) is 7.99. The first-order chi connectivity index (χ1) is 22.7. The van der Waals surface area contributed by atoms with Gasteiger partial charge < -0.3 is 9.47 Å². The molecule has 5 rings (SSSR count). The van der Waals surface area contributed by atoms with Gasteiger partial charge in [0.15, 0.2) is 0 Å². The first kappa shape index (κ1) is 37.9. The molecule has 3 aliphatic rings. The number of rotatable bonds is 8. The molecule has 3 aliphatic carbocycles. The van der Waals surface area contributed by atoms with Gasteiger partial charge in [-0.15, -0.1) is 22.7 Å². The minimum absolute atomic E-state index is 0.0105. The van der Waals surface area contributed by atoms with Crippen LogP contribution >= 0.6 is 22.7 Å². The molecule has 2 aromatic heterocycles. The van der Waals surface area contributed by atoms with Crippen LogP contribution < -0.4 is 0 Å². The highest BCUT2D eigenvalue weighted by molar-refractivity contribution is 7.14. The number of carbonyl (C=O) groups excluding carboxylic acids is 2. The number of esters is 2. The van der Waals surface area contributed by atoms with E-state index in [2.05, 4.69) is 13.8 Å². The molecular weight excluding hydrogens is 687 g/mol. The largest absolute Gasteiger partial charge is 0.458 e. The summed E-state index contributed by atoms with van der Waals surface area (Å²) in [6, 6.07) is 1.93.